The Morgan fingerprint density at radius 3 is 2.78 bits per heavy atom. The Hall–Kier alpha value is -2.25. The number of hydrogen-bond donors (Lipinski definition) is 0. The highest BCUT2D eigenvalue weighted by molar-refractivity contribution is 5.88. The minimum absolute atomic E-state index is 0.117. The largest absolute Gasteiger partial charge is 0.573 e. The smallest absolute Gasteiger partial charge is 0.464 e. The lowest BCUT2D eigenvalue weighted by Gasteiger charge is -2.08. The third-order valence-corrected chi connectivity index (χ3v) is 2.11. The number of carbonyl (C=O) groups is 1. The summed E-state index contributed by atoms with van der Waals surface area (Å²) < 4.78 is 45.6. The number of nitrogens with zero attached hydrogens (tertiary/aromatic N) is 2. The summed E-state index contributed by atoms with van der Waals surface area (Å²) in [6.07, 6.45) is -2.32. The van der Waals surface area contributed by atoms with E-state index in [1.807, 2.05) is 0 Å². The number of ether oxygens (including phenoxy) is 2. The maximum atomic E-state index is 12.0. The number of alkyl halides is 3. The van der Waals surface area contributed by atoms with Crippen LogP contribution in [0.15, 0.2) is 24.5 Å². The normalized spacial score (nSPS) is 11.6. The van der Waals surface area contributed by atoms with E-state index in [0.717, 1.165) is 12.1 Å². The van der Waals surface area contributed by atoms with E-state index in [9.17, 15) is 18.0 Å². The monoisotopic (exact) mass is 260 g/mol. The maximum absolute atomic E-state index is 12.0. The fraction of sp³-hybridized carbons (Fsp3) is 0.200. The van der Waals surface area contributed by atoms with Gasteiger partial charge in [-0.15, -0.1) is 13.2 Å². The second-order valence-corrected chi connectivity index (χ2v) is 3.27. The van der Waals surface area contributed by atoms with Gasteiger partial charge < -0.3 is 9.47 Å². The van der Waals surface area contributed by atoms with E-state index in [4.69, 9.17) is 0 Å². The average molecular weight is 260 g/mol. The van der Waals surface area contributed by atoms with Gasteiger partial charge in [0, 0.05) is 12.3 Å². The molecule has 0 aliphatic heterocycles. The minimum atomic E-state index is -4.77. The van der Waals surface area contributed by atoms with Gasteiger partial charge in [-0.25, -0.2) is 9.78 Å². The Kier molecular flexibility index (Phi) is 2.85. The predicted octanol–water partition coefficient (Wildman–Crippen LogP) is 2.02. The number of imidazole rings is 1. The highest BCUT2D eigenvalue weighted by Gasteiger charge is 2.31. The number of hydrogen-bond acceptors (Lipinski definition) is 4. The number of fused-ring (bicyclic) bond motifs is 1. The van der Waals surface area contributed by atoms with Crippen LogP contribution < -0.4 is 4.74 Å². The van der Waals surface area contributed by atoms with E-state index in [1.165, 1.54) is 23.9 Å². The van der Waals surface area contributed by atoms with Crippen molar-refractivity contribution in [2.24, 2.45) is 0 Å². The standard InChI is InChI=1S/C10H7F3N2O3/c1-17-9(16)7-5-14-8-4-6(2-3-15(7)8)18-10(11,12)13/h2-5H,1H3. The fourth-order valence-electron chi connectivity index (χ4n) is 1.41. The van der Waals surface area contributed by atoms with Gasteiger partial charge in [0.05, 0.1) is 13.3 Å². The van der Waals surface area contributed by atoms with Crippen LogP contribution in [0.4, 0.5) is 13.2 Å². The summed E-state index contributed by atoms with van der Waals surface area (Å²) >= 11 is 0. The molecule has 2 aromatic heterocycles. The predicted molar refractivity (Wildman–Crippen MR) is 53.2 cm³/mol. The molecule has 8 heteroatoms. The number of aromatic nitrogens is 2. The van der Waals surface area contributed by atoms with Crippen molar-refractivity contribution >= 4 is 11.6 Å². The van der Waals surface area contributed by atoms with Crippen LogP contribution in [0.5, 0.6) is 5.75 Å². The van der Waals surface area contributed by atoms with E-state index in [2.05, 4.69) is 14.5 Å². The lowest BCUT2D eigenvalue weighted by Crippen LogP contribution is -2.17. The molecule has 0 atom stereocenters. The zero-order valence-corrected chi connectivity index (χ0v) is 9.06. The van der Waals surface area contributed by atoms with Crippen LogP contribution in [0, 0.1) is 0 Å². The molecule has 2 rings (SSSR count). The molecule has 18 heavy (non-hydrogen) atoms. The van der Waals surface area contributed by atoms with Crippen LogP contribution in [0.1, 0.15) is 10.5 Å². The number of esters is 1. The molecule has 0 aromatic carbocycles. The Morgan fingerprint density at radius 1 is 1.44 bits per heavy atom. The van der Waals surface area contributed by atoms with E-state index in [-0.39, 0.29) is 11.3 Å². The first-order valence-corrected chi connectivity index (χ1v) is 4.72. The van der Waals surface area contributed by atoms with Gasteiger partial charge >= 0.3 is 12.3 Å². The molecule has 2 heterocycles. The topological polar surface area (TPSA) is 52.8 Å². The molecular weight excluding hydrogens is 253 g/mol. The third-order valence-electron chi connectivity index (χ3n) is 2.11. The van der Waals surface area contributed by atoms with Crippen LogP contribution in [-0.2, 0) is 4.74 Å². The zero-order chi connectivity index (χ0) is 13.3. The molecule has 0 aliphatic rings. The van der Waals surface area contributed by atoms with Crippen molar-refractivity contribution < 1.29 is 27.4 Å². The van der Waals surface area contributed by atoms with Gasteiger partial charge in [-0.2, -0.15) is 0 Å². The summed E-state index contributed by atoms with van der Waals surface area (Å²) in [5.74, 6) is -1.04. The molecule has 2 aromatic rings. The quantitative estimate of drug-likeness (QED) is 0.775. The highest BCUT2D eigenvalue weighted by atomic mass is 19.4. The molecule has 0 bridgehead atoms. The van der Waals surface area contributed by atoms with Crippen molar-refractivity contribution in [2.75, 3.05) is 7.11 Å². The van der Waals surface area contributed by atoms with Crippen molar-refractivity contribution in [2.45, 2.75) is 6.36 Å². The number of methoxy groups -OCH3 is 1. The minimum Gasteiger partial charge on any atom is -0.464 e. The van der Waals surface area contributed by atoms with Gasteiger partial charge in [0.2, 0.25) is 0 Å². The summed E-state index contributed by atoms with van der Waals surface area (Å²) in [5.41, 5.74) is 0.267. The first-order chi connectivity index (χ1) is 8.40. The van der Waals surface area contributed by atoms with Crippen molar-refractivity contribution in [1.82, 2.24) is 9.38 Å². The summed E-state index contributed by atoms with van der Waals surface area (Å²) in [5, 5.41) is 0. The SMILES string of the molecule is COC(=O)c1cnc2cc(OC(F)(F)F)ccn12. The van der Waals surface area contributed by atoms with Crippen LogP contribution in [-0.4, -0.2) is 28.8 Å². The first-order valence-electron chi connectivity index (χ1n) is 4.72. The van der Waals surface area contributed by atoms with Crippen molar-refractivity contribution in [3.05, 3.63) is 30.2 Å². The lowest BCUT2D eigenvalue weighted by atomic mass is 10.4. The Balaban J connectivity index is 2.40. The van der Waals surface area contributed by atoms with Gasteiger partial charge in [-0.1, -0.05) is 0 Å². The summed E-state index contributed by atoms with van der Waals surface area (Å²) in [4.78, 5) is 15.1. The van der Waals surface area contributed by atoms with Gasteiger partial charge in [-0.05, 0) is 6.07 Å². The van der Waals surface area contributed by atoms with E-state index >= 15 is 0 Å². The number of pyridine rings is 1. The molecule has 0 amide bonds. The van der Waals surface area contributed by atoms with Gasteiger partial charge in [0.25, 0.3) is 0 Å². The Morgan fingerprint density at radius 2 is 2.17 bits per heavy atom. The molecule has 0 saturated heterocycles. The molecule has 0 aliphatic carbocycles. The lowest BCUT2D eigenvalue weighted by molar-refractivity contribution is -0.274. The van der Waals surface area contributed by atoms with Gasteiger partial charge in [0.15, 0.2) is 5.69 Å². The van der Waals surface area contributed by atoms with E-state index < -0.39 is 18.1 Å². The van der Waals surface area contributed by atoms with Crippen LogP contribution in [0.25, 0.3) is 5.65 Å². The van der Waals surface area contributed by atoms with E-state index in [1.54, 1.807) is 0 Å². The molecule has 96 valence electrons. The molecule has 0 fully saturated rings. The second-order valence-electron chi connectivity index (χ2n) is 3.27. The number of rotatable bonds is 2. The fourth-order valence-corrected chi connectivity index (χ4v) is 1.41. The highest BCUT2D eigenvalue weighted by Crippen LogP contribution is 2.23. The average Bonchev–Trinajstić information content (AvgIpc) is 2.68. The summed E-state index contributed by atoms with van der Waals surface area (Å²) in [6, 6.07) is 2.15. The van der Waals surface area contributed by atoms with Crippen molar-refractivity contribution in [3.63, 3.8) is 0 Å². The molecule has 0 spiro atoms. The van der Waals surface area contributed by atoms with Crippen LogP contribution in [0.3, 0.4) is 0 Å². The van der Waals surface area contributed by atoms with E-state index in [0.29, 0.717) is 0 Å². The molecule has 0 unspecified atom stereocenters. The molecule has 5 nitrogen and oxygen atoms in total. The zero-order valence-electron chi connectivity index (χ0n) is 9.06. The van der Waals surface area contributed by atoms with Crippen LogP contribution in [0.2, 0.25) is 0 Å². The Labute approximate surface area is 98.7 Å². The van der Waals surface area contributed by atoms with Crippen molar-refractivity contribution in [3.8, 4) is 5.75 Å². The van der Waals surface area contributed by atoms with Crippen LogP contribution >= 0.6 is 0 Å². The third kappa shape index (κ3) is 2.36. The molecule has 0 saturated carbocycles. The first kappa shape index (κ1) is 12.2. The van der Waals surface area contributed by atoms with Crippen molar-refractivity contribution in [1.29, 1.82) is 0 Å². The number of carbonyl (C=O) groups excluding carboxylic acids is 1. The summed E-state index contributed by atoms with van der Waals surface area (Å²) in [6.45, 7) is 0. The molecular formula is C10H7F3N2O3. The molecule has 0 N–H and O–H groups in total. The molecule has 0 radical (unpaired) electrons. The second kappa shape index (κ2) is 4.21. The van der Waals surface area contributed by atoms with Gasteiger partial charge in [0.1, 0.15) is 11.4 Å². The summed E-state index contributed by atoms with van der Waals surface area (Å²) in [7, 11) is 1.20. The van der Waals surface area contributed by atoms with Gasteiger partial charge in [-0.3, -0.25) is 4.40 Å². The Bertz CT molecular complexity index is 592. The number of halogens is 3. The maximum Gasteiger partial charge on any atom is 0.573 e.